The Morgan fingerprint density at radius 2 is 2.00 bits per heavy atom. The number of piperidine rings is 1. The number of halogens is 2. The first-order valence-electron chi connectivity index (χ1n) is 13.5. The highest BCUT2D eigenvalue weighted by Crippen LogP contribution is 2.38. The smallest absolute Gasteiger partial charge is 0.225 e. The van der Waals surface area contributed by atoms with Crippen molar-refractivity contribution in [3.63, 3.8) is 0 Å². The molecule has 2 amide bonds. The molecule has 0 radical (unpaired) electrons. The first-order valence-corrected chi connectivity index (χ1v) is 13.9. The van der Waals surface area contributed by atoms with Crippen molar-refractivity contribution in [1.82, 2.24) is 24.4 Å². The van der Waals surface area contributed by atoms with Crippen LogP contribution < -0.4 is 16.4 Å². The summed E-state index contributed by atoms with van der Waals surface area (Å²) in [4.78, 5) is 39.8. The molecule has 0 unspecified atom stereocenters. The quantitative estimate of drug-likeness (QED) is 0.382. The number of aromatic nitrogens is 4. The fourth-order valence-electron chi connectivity index (χ4n) is 5.61. The molecule has 0 bridgehead atoms. The van der Waals surface area contributed by atoms with E-state index in [4.69, 9.17) is 27.6 Å². The van der Waals surface area contributed by atoms with Gasteiger partial charge in [0.15, 0.2) is 5.65 Å². The van der Waals surface area contributed by atoms with Crippen molar-refractivity contribution in [2.75, 3.05) is 23.7 Å². The Bertz CT molecular complexity index is 1460. The summed E-state index contributed by atoms with van der Waals surface area (Å²) in [6, 6.07) is 4.31. The van der Waals surface area contributed by atoms with E-state index in [1.54, 1.807) is 6.20 Å². The van der Waals surface area contributed by atoms with Gasteiger partial charge in [0.05, 0.1) is 28.5 Å². The number of hydrogen-bond acceptors (Lipinski definition) is 8. The van der Waals surface area contributed by atoms with Gasteiger partial charge >= 0.3 is 0 Å². The topological polar surface area (TPSA) is 155 Å². The summed E-state index contributed by atoms with van der Waals surface area (Å²) in [7, 11) is 0. The minimum absolute atomic E-state index is 0.00255. The van der Waals surface area contributed by atoms with Crippen LogP contribution in [0, 0.1) is 23.1 Å². The lowest BCUT2D eigenvalue weighted by Crippen LogP contribution is -2.45. The molecule has 5 rings (SSSR count). The molecule has 40 heavy (non-hydrogen) atoms. The molecule has 1 saturated heterocycles. The Morgan fingerprint density at radius 3 is 2.67 bits per heavy atom. The maximum atomic E-state index is 14.9. The van der Waals surface area contributed by atoms with E-state index in [1.165, 1.54) is 6.07 Å². The van der Waals surface area contributed by atoms with Gasteiger partial charge in [-0.3, -0.25) is 14.2 Å². The van der Waals surface area contributed by atoms with Gasteiger partial charge in [0, 0.05) is 37.5 Å². The van der Waals surface area contributed by atoms with Crippen molar-refractivity contribution >= 4 is 52.2 Å². The summed E-state index contributed by atoms with van der Waals surface area (Å²) < 4.78 is 16.8. The van der Waals surface area contributed by atoms with E-state index in [0.29, 0.717) is 61.7 Å². The number of anilines is 3. The van der Waals surface area contributed by atoms with Crippen molar-refractivity contribution in [2.45, 2.75) is 64.0 Å². The SMILES string of the molecule is CCC(=O)N1CCC[C@@H](Nc2ncc3nc(Nc4c(F)cc(C#N)cc4Cl)n(C4CCC(C(N)=O)CC4)c3n2)C1. The van der Waals surface area contributed by atoms with Crippen molar-refractivity contribution in [3.05, 3.63) is 34.7 Å². The molecule has 2 fully saturated rings. The number of rotatable bonds is 7. The van der Waals surface area contributed by atoms with Crippen LogP contribution in [0.5, 0.6) is 0 Å². The van der Waals surface area contributed by atoms with Crippen LogP contribution in [0.25, 0.3) is 11.2 Å². The molecule has 11 nitrogen and oxygen atoms in total. The standard InChI is InChI=1S/C27H31ClFN9O2/c1-2-22(39)37-9-3-4-17(14-37)33-26-32-13-21-25(36-26)38(18-7-5-16(6-8-18)24(31)40)27(34-21)35-23-19(28)10-15(12-30)11-20(23)29/h10-11,13,16-18H,2-9,14H2,1H3,(H2,31,40)(H,34,35)(H,32,33,36)/t16?,17-,18?/m1/s1. The molecule has 3 aromatic rings. The Hall–Kier alpha value is -3.98. The number of primary amides is 1. The van der Waals surface area contributed by atoms with Crippen LogP contribution in [0.2, 0.25) is 5.02 Å². The van der Waals surface area contributed by atoms with E-state index in [9.17, 15) is 14.0 Å². The highest BCUT2D eigenvalue weighted by molar-refractivity contribution is 6.33. The largest absolute Gasteiger partial charge is 0.369 e. The number of nitriles is 1. The molecule has 13 heteroatoms. The molecule has 0 spiro atoms. The van der Waals surface area contributed by atoms with Crippen LogP contribution in [-0.4, -0.2) is 55.4 Å². The van der Waals surface area contributed by atoms with E-state index in [2.05, 4.69) is 20.6 Å². The van der Waals surface area contributed by atoms with Gasteiger partial charge in [-0.25, -0.2) is 14.4 Å². The first-order chi connectivity index (χ1) is 19.3. The second-order valence-corrected chi connectivity index (χ2v) is 10.8. The molecule has 210 valence electrons. The van der Waals surface area contributed by atoms with Gasteiger partial charge in [0.1, 0.15) is 11.3 Å². The molecular formula is C27H31ClFN9O2. The monoisotopic (exact) mass is 567 g/mol. The molecule has 3 heterocycles. The third-order valence-electron chi connectivity index (χ3n) is 7.71. The highest BCUT2D eigenvalue weighted by Gasteiger charge is 2.30. The lowest BCUT2D eigenvalue weighted by molar-refractivity contribution is -0.131. The van der Waals surface area contributed by atoms with Gasteiger partial charge < -0.3 is 21.3 Å². The summed E-state index contributed by atoms with van der Waals surface area (Å²) in [5.41, 5.74) is 6.71. The number of fused-ring (bicyclic) bond motifs is 1. The maximum Gasteiger partial charge on any atom is 0.225 e. The van der Waals surface area contributed by atoms with E-state index in [0.717, 1.165) is 25.5 Å². The molecule has 1 aliphatic heterocycles. The summed E-state index contributed by atoms with van der Waals surface area (Å²) in [5.74, 6) is -0.333. The van der Waals surface area contributed by atoms with Gasteiger partial charge in [-0.2, -0.15) is 10.2 Å². The second-order valence-electron chi connectivity index (χ2n) is 10.3. The molecule has 1 saturated carbocycles. The number of nitrogens with one attached hydrogen (secondary N) is 2. The number of nitrogens with zero attached hydrogens (tertiary/aromatic N) is 6. The van der Waals surface area contributed by atoms with Gasteiger partial charge in [-0.05, 0) is 50.7 Å². The second kappa shape index (κ2) is 11.6. The van der Waals surface area contributed by atoms with Crippen LogP contribution in [0.15, 0.2) is 18.3 Å². The minimum atomic E-state index is -0.683. The average Bonchev–Trinajstić information content (AvgIpc) is 3.31. The summed E-state index contributed by atoms with van der Waals surface area (Å²) in [5, 5.41) is 15.6. The zero-order chi connectivity index (χ0) is 28.4. The van der Waals surface area contributed by atoms with Crippen molar-refractivity contribution in [1.29, 1.82) is 5.26 Å². The summed E-state index contributed by atoms with van der Waals surface area (Å²) >= 11 is 6.32. The number of nitrogens with two attached hydrogens (primary N) is 1. The fraction of sp³-hybridized carbons (Fsp3) is 0.481. The normalized spacial score (nSPS) is 21.1. The summed E-state index contributed by atoms with van der Waals surface area (Å²) in [6.07, 6.45) is 6.38. The van der Waals surface area contributed by atoms with Gasteiger partial charge in [-0.15, -0.1) is 0 Å². The zero-order valence-corrected chi connectivity index (χ0v) is 22.9. The Morgan fingerprint density at radius 1 is 1.23 bits per heavy atom. The van der Waals surface area contributed by atoms with E-state index in [1.807, 2.05) is 22.5 Å². The van der Waals surface area contributed by atoms with E-state index >= 15 is 0 Å². The van der Waals surface area contributed by atoms with E-state index in [-0.39, 0.29) is 46.1 Å². The maximum absolute atomic E-state index is 14.9. The lowest BCUT2D eigenvalue weighted by Gasteiger charge is -2.33. The number of hydrogen-bond donors (Lipinski definition) is 3. The number of likely N-dealkylation sites (tertiary alicyclic amines) is 1. The number of benzene rings is 1. The van der Waals surface area contributed by atoms with Crippen LogP contribution >= 0.6 is 11.6 Å². The number of amides is 2. The highest BCUT2D eigenvalue weighted by atomic mass is 35.5. The molecule has 1 atom stereocenters. The van der Waals surface area contributed by atoms with Crippen molar-refractivity contribution < 1.29 is 14.0 Å². The molecule has 2 aromatic heterocycles. The van der Waals surface area contributed by atoms with Crippen LogP contribution in [0.4, 0.5) is 22.0 Å². The summed E-state index contributed by atoms with van der Waals surface area (Å²) in [6.45, 7) is 3.18. The van der Waals surface area contributed by atoms with Crippen molar-refractivity contribution in [3.8, 4) is 6.07 Å². The average molecular weight is 568 g/mol. The first kappa shape index (κ1) is 27.6. The Balaban J connectivity index is 1.49. The number of imidazole rings is 1. The van der Waals surface area contributed by atoms with Gasteiger partial charge in [0.25, 0.3) is 0 Å². The molecule has 2 aliphatic rings. The predicted molar refractivity (Wildman–Crippen MR) is 148 cm³/mol. The predicted octanol–water partition coefficient (Wildman–Crippen LogP) is 4.26. The molecule has 4 N–H and O–H groups in total. The zero-order valence-electron chi connectivity index (χ0n) is 22.2. The molecule has 1 aromatic carbocycles. The Kier molecular flexibility index (Phi) is 8.02. The van der Waals surface area contributed by atoms with Crippen molar-refractivity contribution in [2.24, 2.45) is 11.7 Å². The Labute approximate surface area is 235 Å². The fourth-order valence-corrected chi connectivity index (χ4v) is 5.86. The third kappa shape index (κ3) is 5.65. The number of carbonyl (C=O) groups is 2. The van der Waals surface area contributed by atoms with Crippen LogP contribution in [0.1, 0.15) is 63.5 Å². The van der Waals surface area contributed by atoms with Gasteiger partial charge in [0.2, 0.25) is 23.7 Å². The van der Waals surface area contributed by atoms with Gasteiger partial charge in [-0.1, -0.05) is 18.5 Å². The molecule has 1 aliphatic carbocycles. The molecular weight excluding hydrogens is 537 g/mol. The number of carbonyl (C=O) groups excluding carboxylic acids is 2. The van der Waals surface area contributed by atoms with Crippen LogP contribution in [0.3, 0.4) is 0 Å². The third-order valence-corrected chi connectivity index (χ3v) is 8.01. The minimum Gasteiger partial charge on any atom is -0.369 e. The van der Waals surface area contributed by atoms with E-state index < -0.39 is 5.82 Å². The van der Waals surface area contributed by atoms with Crippen LogP contribution in [-0.2, 0) is 9.59 Å². The lowest BCUT2D eigenvalue weighted by atomic mass is 9.85.